The molecule has 2 rings (SSSR count). The number of hydrogen-bond acceptors (Lipinski definition) is 1. The summed E-state index contributed by atoms with van der Waals surface area (Å²) < 4.78 is 0. The molecule has 0 saturated carbocycles. The van der Waals surface area contributed by atoms with Crippen LogP contribution in [0.25, 0.3) is 0 Å². The molecule has 14 heavy (non-hydrogen) atoms. The number of amides is 1. The minimum absolute atomic E-state index is 0. The van der Waals surface area contributed by atoms with Crippen LogP contribution in [0.2, 0.25) is 0 Å². The van der Waals surface area contributed by atoms with Crippen LogP contribution >= 0.6 is 0 Å². The zero-order valence-corrected chi connectivity index (χ0v) is 10.9. The van der Waals surface area contributed by atoms with E-state index in [-0.39, 0.29) is 38.6 Å². The monoisotopic (exact) mass is 263 g/mol. The fourth-order valence-electron chi connectivity index (χ4n) is 1.64. The second kappa shape index (κ2) is 5.62. The van der Waals surface area contributed by atoms with Gasteiger partial charge in [0, 0.05) is 45.7 Å². The average molecular weight is 263 g/mol. The average Bonchev–Trinajstić information content (AvgIpc) is 2.20. The molecule has 1 heterocycles. The van der Waals surface area contributed by atoms with E-state index in [9.17, 15) is 4.79 Å². The van der Waals surface area contributed by atoms with Gasteiger partial charge in [0.2, 0.25) is 5.91 Å². The third-order valence-corrected chi connectivity index (χ3v) is 2.34. The maximum absolute atomic E-state index is 11.5. The van der Waals surface area contributed by atoms with Gasteiger partial charge in [-0.2, -0.15) is 18.2 Å². The van der Waals surface area contributed by atoms with E-state index in [1.165, 1.54) is 0 Å². The summed E-state index contributed by atoms with van der Waals surface area (Å²) >= 11 is 0. The fourth-order valence-corrected chi connectivity index (χ4v) is 1.64. The van der Waals surface area contributed by atoms with Gasteiger partial charge >= 0.3 is 0 Å². The molecular formula is C11H12NOY-. The molecule has 0 spiro atoms. The summed E-state index contributed by atoms with van der Waals surface area (Å²) in [6.45, 7) is 0.864. The SMILES string of the molecule is O=C1CCCCN1c1cc[c-]cc1.[Y]. The quantitative estimate of drug-likeness (QED) is 0.710. The van der Waals surface area contributed by atoms with E-state index < -0.39 is 0 Å². The molecule has 0 aromatic heterocycles. The molecule has 0 N–H and O–H groups in total. The second-order valence-electron chi connectivity index (χ2n) is 3.26. The van der Waals surface area contributed by atoms with Crippen LogP contribution < -0.4 is 4.90 Å². The molecular weight excluding hydrogens is 251 g/mol. The summed E-state index contributed by atoms with van der Waals surface area (Å²) in [5, 5.41) is 0. The molecule has 0 atom stereocenters. The van der Waals surface area contributed by atoms with Crippen molar-refractivity contribution in [3.8, 4) is 0 Å². The maximum atomic E-state index is 11.5. The van der Waals surface area contributed by atoms with E-state index in [0.29, 0.717) is 6.42 Å². The summed E-state index contributed by atoms with van der Waals surface area (Å²) in [6, 6.07) is 10.5. The molecule has 71 valence electrons. The molecule has 1 aromatic rings. The molecule has 1 aliphatic rings. The van der Waals surface area contributed by atoms with Crippen molar-refractivity contribution >= 4 is 11.6 Å². The van der Waals surface area contributed by atoms with Crippen LogP contribution in [0.15, 0.2) is 24.3 Å². The number of piperidine rings is 1. The van der Waals surface area contributed by atoms with Gasteiger partial charge in [0.05, 0.1) is 0 Å². The molecule has 0 aliphatic carbocycles. The van der Waals surface area contributed by atoms with Gasteiger partial charge in [0.25, 0.3) is 0 Å². The molecule has 1 saturated heterocycles. The third-order valence-electron chi connectivity index (χ3n) is 2.34. The Kier molecular flexibility index (Phi) is 4.76. The first-order valence-electron chi connectivity index (χ1n) is 4.64. The van der Waals surface area contributed by atoms with E-state index in [2.05, 4.69) is 6.07 Å². The Balaban J connectivity index is 0.000000980. The zero-order chi connectivity index (χ0) is 9.10. The van der Waals surface area contributed by atoms with Crippen molar-refractivity contribution in [2.75, 3.05) is 11.4 Å². The van der Waals surface area contributed by atoms with Gasteiger partial charge in [-0.05, 0) is 12.8 Å². The van der Waals surface area contributed by atoms with Gasteiger partial charge in [-0.3, -0.25) is 4.79 Å². The molecule has 1 aliphatic heterocycles. The van der Waals surface area contributed by atoms with Crippen molar-refractivity contribution in [1.29, 1.82) is 0 Å². The summed E-state index contributed by atoms with van der Waals surface area (Å²) in [5.41, 5.74) is 1.00. The first kappa shape index (κ1) is 11.9. The van der Waals surface area contributed by atoms with E-state index in [1.54, 1.807) is 0 Å². The Bertz CT molecular complexity index is 299. The van der Waals surface area contributed by atoms with Crippen LogP contribution in [0.1, 0.15) is 19.3 Å². The van der Waals surface area contributed by atoms with Gasteiger partial charge in [0.1, 0.15) is 0 Å². The molecule has 2 nitrogen and oxygen atoms in total. The standard InChI is InChI=1S/C11H12NO.Y/c13-11-8-4-5-9-12(11)10-6-2-1-3-7-10;/h2-3,6-7H,4-5,8-9H2;/q-1;. The topological polar surface area (TPSA) is 20.3 Å². The minimum atomic E-state index is 0. The van der Waals surface area contributed by atoms with Gasteiger partial charge in [-0.1, -0.05) is 5.69 Å². The normalized spacial score (nSPS) is 16.3. The van der Waals surface area contributed by atoms with Crippen LogP contribution in [0, 0.1) is 6.07 Å². The summed E-state index contributed by atoms with van der Waals surface area (Å²) in [7, 11) is 0. The van der Waals surface area contributed by atoms with Gasteiger partial charge < -0.3 is 4.90 Å². The molecule has 1 amide bonds. The maximum Gasteiger partial charge on any atom is 0.225 e. The zero-order valence-electron chi connectivity index (χ0n) is 8.07. The Morgan fingerprint density at radius 1 is 1.21 bits per heavy atom. The van der Waals surface area contributed by atoms with Crippen molar-refractivity contribution in [3.63, 3.8) is 0 Å². The largest absolute Gasteiger partial charge is 0.336 e. The van der Waals surface area contributed by atoms with Gasteiger partial charge in [-0.15, -0.1) is 12.1 Å². The van der Waals surface area contributed by atoms with Crippen molar-refractivity contribution in [2.24, 2.45) is 0 Å². The van der Waals surface area contributed by atoms with E-state index in [0.717, 1.165) is 25.1 Å². The third kappa shape index (κ3) is 2.64. The number of carbonyl (C=O) groups excluding carboxylic acids is 1. The van der Waals surface area contributed by atoms with Crippen molar-refractivity contribution in [3.05, 3.63) is 30.3 Å². The van der Waals surface area contributed by atoms with E-state index in [1.807, 2.05) is 29.2 Å². The van der Waals surface area contributed by atoms with Crippen molar-refractivity contribution in [1.82, 2.24) is 0 Å². The molecule has 0 unspecified atom stereocenters. The summed E-state index contributed by atoms with van der Waals surface area (Å²) in [5.74, 6) is 0.248. The van der Waals surface area contributed by atoms with Crippen molar-refractivity contribution < 1.29 is 37.5 Å². The molecule has 1 aromatic carbocycles. The van der Waals surface area contributed by atoms with E-state index in [4.69, 9.17) is 0 Å². The number of anilines is 1. The summed E-state index contributed by atoms with van der Waals surface area (Å²) in [6.07, 6.45) is 2.84. The minimum Gasteiger partial charge on any atom is -0.336 e. The van der Waals surface area contributed by atoms with Crippen LogP contribution in [0.4, 0.5) is 5.69 Å². The Morgan fingerprint density at radius 3 is 2.57 bits per heavy atom. The molecule has 0 bridgehead atoms. The Hall–Kier alpha value is -0.206. The smallest absolute Gasteiger partial charge is 0.225 e. The molecule has 1 fully saturated rings. The van der Waals surface area contributed by atoms with Crippen LogP contribution in [0.5, 0.6) is 0 Å². The van der Waals surface area contributed by atoms with Crippen LogP contribution in [-0.2, 0) is 37.5 Å². The van der Waals surface area contributed by atoms with Gasteiger partial charge in [0.15, 0.2) is 0 Å². The van der Waals surface area contributed by atoms with Crippen LogP contribution in [0.3, 0.4) is 0 Å². The first-order chi connectivity index (χ1) is 6.38. The first-order valence-corrected chi connectivity index (χ1v) is 4.64. The number of hydrogen-bond donors (Lipinski definition) is 0. The molecule has 3 heteroatoms. The predicted octanol–water partition coefficient (Wildman–Crippen LogP) is 2.00. The summed E-state index contributed by atoms with van der Waals surface area (Å²) in [4.78, 5) is 13.4. The second-order valence-corrected chi connectivity index (χ2v) is 3.26. The number of rotatable bonds is 1. The number of nitrogens with zero attached hydrogens (tertiary/aromatic N) is 1. The van der Waals surface area contributed by atoms with Crippen molar-refractivity contribution in [2.45, 2.75) is 19.3 Å². The van der Waals surface area contributed by atoms with Gasteiger partial charge in [-0.25, -0.2) is 0 Å². The molecule has 1 radical (unpaired) electrons. The Labute approximate surface area is 110 Å². The number of benzene rings is 1. The fraction of sp³-hybridized carbons (Fsp3) is 0.364. The van der Waals surface area contributed by atoms with Crippen LogP contribution in [-0.4, -0.2) is 12.5 Å². The van der Waals surface area contributed by atoms with E-state index >= 15 is 0 Å². The predicted molar refractivity (Wildman–Crippen MR) is 51.5 cm³/mol. The Morgan fingerprint density at radius 2 is 1.93 bits per heavy atom. The number of carbonyl (C=O) groups is 1.